The summed E-state index contributed by atoms with van der Waals surface area (Å²) < 4.78 is 8.27. The van der Waals surface area contributed by atoms with Gasteiger partial charge in [-0.15, -0.1) is 0 Å². The molecule has 0 unspecified atom stereocenters. The van der Waals surface area contributed by atoms with Gasteiger partial charge in [0.05, 0.1) is 18.7 Å². The number of nitrogens with zero attached hydrogens (tertiary/aromatic N) is 7. The third-order valence-corrected chi connectivity index (χ3v) is 9.59. The van der Waals surface area contributed by atoms with E-state index in [1.54, 1.807) is 22.0 Å². The number of piperidine rings is 1. The van der Waals surface area contributed by atoms with Gasteiger partial charge in [-0.2, -0.15) is 5.10 Å². The lowest BCUT2D eigenvalue weighted by molar-refractivity contribution is -0.138. The van der Waals surface area contributed by atoms with Crippen LogP contribution in [-0.4, -0.2) is 98.1 Å². The predicted molar refractivity (Wildman–Crippen MR) is 181 cm³/mol. The summed E-state index contributed by atoms with van der Waals surface area (Å²) in [6.07, 6.45) is 4.75. The minimum Gasteiger partial charge on any atom is -0.379 e. The van der Waals surface area contributed by atoms with Crippen LogP contribution in [0, 0.1) is 26.2 Å². The molecule has 2 amide bonds. The maximum absolute atomic E-state index is 14.3. The van der Waals surface area contributed by atoms with Gasteiger partial charge in [-0.1, -0.05) is 6.07 Å². The smallest absolute Gasteiger partial charge is 0.248 e. The number of hydrogen-bond acceptors (Lipinski definition) is 9. The molecule has 4 heterocycles. The van der Waals surface area contributed by atoms with Crippen molar-refractivity contribution in [3.63, 3.8) is 0 Å². The van der Waals surface area contributed by atoms with Gasteiger partial charge in [0.15, 0.2) is 5.78 Å². The molecule has 1 aliphatic carbocycles. The quantitative estimate of drug-likeness (QED) is 0.137. The molecule has 12 nitrogen and oxygen atoms in total. The fourth-order valence-electron chi connectivity index (χ4n) is 6.59. The molecule has 1 saturated carbocycles. The third-order valence-electron chi connectivity index (χ3n) is 9.15. The number of rotatable bonds is 11. The number of halogens is 1. The van der Waals surface area contributed by atoms with E-state index in [0.29, 0.717) is 46.8 Å². The molecule has 3 aromatic heterocycles. The number of benzene rings is 1. The van der Waals surface area contributed by atoms with E-state index in [1.165, 1.54) is 6.92 Å². The van der Waals surface area contributed by atoms with Gasteiger partial charge in [0.25, 0.3) is 0 Å². The SMILES string of the molecule is CC(=O)c1nn(CC(=O)N2[C@H](C(=O)Nc3nc(Br)ccc3C)C[C@@]3(COCCN(C)C)C[C@@H]23)c2c(C)cc(-c3cnc(C)nc3)cc12. The minimum absolute atomic E-state index is 0.121. The molecule has 1 saturated heterocycles. The summed E-state index contributed by atoms with van der Waals surface area (Å²) in [5.74, 6) is 0.381. The minimum atomic E-state index is -0.706. The van der Waals surface area contributed by atoms with Gasteiger partial charge < -0.3 is 19.9 Å². The summed E-state index contributed by atoms with van der Waals surface area (Å²) in [5.41, 5.74) is 4.04. The number of nitrogens with one attached hydrogen (secondary N) is 1. The Morgan fingerprint density at radius 1 is 1.06 bits per heavy atom. The van der Waals surface area contributed by atoms with Crippen LogP contribution in [0.3, 0.4) is 0 Å². The number of aryl methyl sites for hydroxylation is 3. The Labute approximate surface area is 282 Å². The van der Waals surface area contributed by atoms with Crippen molar-refractivity contribution in [3.8, 4) is 11.1 Å². The first kappa shape index (κ1) is 32.9. The maximum Gasteiger partial charge on any atom is 0.248 e. The Morgan fingerprint density at radius 3 is 2.51 bits per heavy atom. The first-order valence-electron chi connectivity index (χ1n) is 15.7. The molecule has 0 bridgehead atoms. The van der Waals surface area contributed by atoms with Crippen molar-refractivity contribution in [2.45, 2.75) is 59.2 Å². The normalized spacial score (nSPS) is 20.1. The number of ether oxygens (including phenoxy) is 1. The maximum atomic E-state index is 14.3. The van der Waals surface area contributed by atoms with Crippen molar-refractivity contribution in [1.82, 2.24) is 34.5 Å². The van der Waals surface area contributed by atoms with Gasteiger partial charge in [-0.05, 0) is 98.5 Å². The molecule has 47 heavy (non-hydrogen) atoms. The van der Waals surface area contributed by atoms with Gasteiger partial charge in [0.1, 0.15) is 34.5 Å². The Bertz CT molecular complexity index is 1870. The molecular formula is C34H39BrN8O4. The average molecular weight is 704 g/mol. The van der Waals surface area contributed by atoms with E-state index in [2.05, 4.69) is 46.2 Å². The largest absolute Gasteiger partial charge is 0.379 e. The van der Waals surface area contributed by atoms with E-state index in [-0.39, 0.29) is 41.3 Å². The number of carbonyl (C=O) groups is 3. The lowest BCUT2D eigenvalue weighted by atomic mass is 10.00. The number of likely N-dealkylation sites (N-methyl/N-ethyl adjacent to an activating group) is 1. The molecule has 1 aromatic carbocycles. The van der Waals surface area contributed by atoms with E-state index >= 15 is 0 Å². The lowest BCUT2D eigenvalue weighted by Gasteiger charge is -2.27. The molecule has 4 aromatic rings. The second-order valence-corrected chi connectivity index (χ2v) is 13.8. The zero-order chi connectivity index (χ0) is 33.6. The lowest BCUT2D eigenvalue weighted by Crippen LogP contribution is -2.47. The van der Waals surface area contributed by atoms with E-state index in [0.717, 1.165) is 35.2 Å². The van der Waals surface area contributed by atoms with Crippen LogP contribution >= 0.6 is 15.9 Å². The topological polar surface area (TPSA) is 135 Å². The highest BCUT2D eigenvalue weighted by molar-refractivity contribution is 9.10. The van der Waals surface area contributed by atoms with Crippen molar-refractivity contribution in [3.05, 3.63) is 63.9 Å². The molecule has 2 fully saturated rings. The van der Waals surface area contributed by atoms with Crippen molar-refractivity contribution >= 4 is 50.2 Å². The standard InChI is InChI=1S/C34H39BrN8O4/c1-19-7-8-28(35)38-32(19)39-33(46)26-13-34(18-47-10-9-41(5)6)14-27(34)43(26)29(45)17-42-31-20(2)11-23(24-15-36-22(4)37-16-24)12-25(31)30(40-42)21(3)44/h7-8,11-12,15-16,26-27H,9-10,13-14,17-18H2,1-6H3,(H,38,39,46)/t26-,27+,34-/m0/s1. The molecule has 246 valence electrons. The fourth-order valence-corrected chi connectivity index (χ4v) is 6.90. The molecule has 1 aliphatic heterocycles. The molecule has 13 heteroatoms. The van der Waals surface area contributed by atoms with Gasteiger partial charge in [0.2, 0.25) is 11.8 Å². The van der Waals surface area contributed by atoms with Crippen LogP contribution in [0.2, 0.25) is 0 Å². The monoisotopic (exact) mass is 702 g/mol. The predicted octanol–water partition coefficient (Wildman–Crippen LogP) is 4.36. The molecule has 2 aliphatic rings. The summed E-state index contributed by atoms with van der Waals surface area (Å²) >= 11 is 3.38. The van der Waals surface area contributed by atoms with Crippen LogP contribution < -0.4 is 5.32 Å². The zero-order valence-electron chi connectivity index (χ0n) is 27.5. The highest BCUT2D eigenvalue weighted by Crippen LogP contribution is 2.60. The Hall–Kier alpha value is -4.07. The van der Waals surface area contributed by atoms with E-state index in [1.807, 2.05) is 59.1 Å². The summed E-state index contributed by atoms with van der Waals surface area (Å²) in [5, 5.41) is 8.27. The Kier molecular flexibility index (Phi) is 8.98. The number of carbonyl (C=O) groups excluding carboxylic acids is 3. The number of pyridine rings is 1. The highest BCUT2D eigenvalue weighted by atomic mass is 79.9. The number of hydrogen-bond donors (Lipinski definition) is 1. The molecule has 1 N–H and O–H groups in total. The Morgan fingerprint density at radius 2 is 1.81 bits per heavy atom. The van der Waals surface area contributed by atoms with Crippen LogP contribution in [0.1, 0.15) is 47.2 Å². The van der Waals surface area contributed by atoms with Gasteiger partial charge in [-0.3, -0.25) is 19.1 Å². The molecule has 0 radical (unpaired) electrons. The highest BCUT2D eigenvalue weighted by Gasteiger charge is 2.67. The van der Waals surface area contributed by atoms with Crippen molar-refractivity contribution < 1.29 is 19.1 Å². The van der Waals surface area contributed by atoms with Gasteiger partial charge in [0, 0.05) is 48.3 Å². The number of fused-ring (bicyclic) bond motifs is 2. The summed E-state index contributed by atoms with van der Waals surface area (Å²) in [6.45, 7) is 8.80. The van der Waals surface area contributed by atoms with Crippen LogP contribution in [0.5, 0.6) is 0 Å². The summed E-state index contributed by atoms with van der Waals surface area (Å²) in [7, 11) is 3.98. The summed E-state index contributed by atoms with van der Waals surface area (Å²) in [6, 6.07) is 6.73. The number of ketones is 1. The van der Waals surface area contributed by atoms with Crippen LogP contribution in [0.25, 0.3) is 22.0 Å². The number of anilines is 1. The second-order valence-electron chi connectivity index (χ2n) is 13.0. The zero-order valence-corrected chi connectivity index (χ0v) is 29.1. The Balaban J connectivity index is 1.30. The molecule has 3 atom stereocenters. The van der Waals surface area contributed by atoms with Crippen LogP contribution in [0.15, 0.2) is 41.3 Å². The van der Waals surface area contributed by atoms with Crippen molar-refractivity contribution in [2.75, 3.05) is 39.2 Å². The number of likely N-dealkylation sites (tertiary alicyclic amines) is 1. The molecule has 6 rings (SSSR count). The van der Waals surface area contributed by atoms with E-state index in [4.69, 9.17) is 4.74 Å². The van der Waals surface area contributed by atoms with Crippen molar-refractivity contribution in [1.29, 1.82) is 0 Å². The second kappa shape index (κ2) is 12.9. The fraction of sp³-hybridized carbons (Fsp3) is 0.441. The van der Waals surface area contributed by atoms with Gasteiger partial charge >= 0.3 is 0 Å². The van der Waals surface area contributed by atoms with E-state index < -0.39 is 6.04 Å². The van der Waals surface area contributed by atoms with Crippen molar-refractivity contribution in [2.24, 2.45) is 5.41 Å². The first-order valence-corrected chi connectivity index (χ1v) is 16.4. The van der Waals surface area contributed by atoms with E-state index in [9.17, 15) is 14.4 Å². The average Bonchev–Trinajstić information content (AvgIpc) is 3.42. The number of aromatic nitrogens is 5. The van der Waals surface area contributed by atoms with Crippen LogP contribution in [0.4, 0.5) is 5.82 Å². The summed E-state index contributed by atoms with van der Waals surface area (Å²) in [4.78, 5) is 57.7. The van der Waals surface area contributed by atoms with Crippen LogP contribution in [-0.2, 0) is 20.9 Å². The first-order chi connectivity index (χ1) is 22.4. The molecule has 0 spiro atoms. The van der Waals surface area contributed by atoms with Gasteiger partial charge in [-0.25, -0.2) is 15.0 Å². The third kappa shape index (κ3) is 6.56. The molecular weight excluding hydrogens is 664 g/mol. The number of Topliss-reactive ketones (excluding diaryl/α,β-unsaturated/α-hetero) is 1. The number of amides is 2.